The number of halogens is 1. The van der Waals surface area contributed by atoms with Crippen molar-refractivity contribution in [2.45, 2.75) is 13.1 Å². The molecule has 12 heteroatoms. The molecule has 0 atom stereocenters. The standard InChI is InChI=1S/C23H17ClN6O3S2/c1-2-14-7-15(11-29(22(14)31)12-17-5-6-26-33-17)19-8-21(25-10-18-3-4-20(24)35-18)30(28-19)23(32)16-9-27-34-13-16/h2-9,11,13,25H,1,10,12H2. The zero-order valence-corrected chi connectivity index (χ0v) is 20.4. The number of hydrogen-bond donors (Lipinski definition) is 1. The minimum atomic E-state index is -0.323. The molecule has 0 aliphatic heterocycles. The number of carbonyl (C=O) groups is 1. The number of thiophene rings is 1. The highest BCUT2D eigenvalue weighted by atomic mass is 35.5. The van der Waals surface area contributed by atoms with Gasteiger partial charge in [0.15, 0.2) is 5.76 Å². The second-order valence-corrected chi connectivity index (χ2v) is 9.86. The van der Waals surface area contributed by atoms with Crippen LogP contribution in [-0.2, 0) is 13.1 Å². The first-order valence-electron chi connectivity index (χ1n) is 10.3. The predicted octanol–water partition coefficient (Wildman–Crippen LogP) is 4.86. The van der Waals surface area contributed by atoms with Gasteiger partial charge in [-0.15, -0.1) is 11.3 Å². The topological polar surface area (TPSA) is 108 Å². The van der Waals surface area contributed by atoms with Gasteiger partial charge in [0.1, 0.15) is 5.82 Å². The highest BCUT2D eigenvalue weighted by molar-refractivity contribution is 7.16. The SMILES string of the molecule is C=Cc1cc(-c2cc(NCc3ccc(Cl)s3)n(C(=O)c3cnsc3)n2)cn(Cc2ccno2)c1=O. The van der Waals surface area contributed by atoms with E-state index >= 15 is 0 Å². The quantitative estimate of drug-likeness (QED) is 0.308. The number of nitrogens with zero attached hydrogens (tertiary/aromatic N) is 5. The molecule has 35 heavy (non-hydrogen) atoms. The molecular weight excluding hydrogens is 508 g/mol. The molecule has 0 saturated heterocycles. The van der Waals surface area contributed by atoms with Crippen LogP contribution in [0.25, 0.3) is 17.3 Å². The van der Waals surface area contributed by atoms with Gasteiger partial charge in [0.2, 0.25) is 0 Å². The monoisotopic (exact) mass is 524 g/mol. The third kappa shape index (κ3) is 4.87. The van der Waals surface area contributed by atoms with Crippen molar-refractivity contribution in [1.29, 1.82) is 0 Å². The molecule has 5 aromatic heterocycles. The van der Waals surface area contributed by atoms with E-state index in [0.29, 0.717) is 44.8 Å². The molecule has 0 radical (unpaired) electrons. The Morgan fingerprint density at radius 1 is 1.29 bits per heavy atom. The molecule has 0 unspecified atom stereocenters. The van der Waals surface area contributed by atoms with Gasteiger partial charge in [-0.3, -0.25) is 9.59 Å². The maximum absolute atomic E-state index is 13.2. The number of hydrogen-bond acceptors (Lipinski definition) is 9. The van der Waals surface area contributed by atoms with Gasteiger partial charge in [-0.25, -0.2) is 4.37 Å². The van der Waals surface area contributed by atoms with E-state index in [-0.39, 0.29) is 18.0 Å². The average molecular weight is 525 g/mol. The van der Waals surface area contributed by atoms with Crippen LogP contribution in [0.5, 0.6) is 0 Å². The summed E-state index contributed by atoms with van der Waals surface area (Å²) in [6.45, 7) is 4.41. The lowest BCUT2D eigenvalue weighted by atomic mass is 10.1. The highest BCUT2D eigenvalue weighted by Gasteiger charge is 2.19. The van der Waals surface area contributed by atoms with Crippen molar-refractivity contribution in [1.82, 2.24) is 23.9 Å². The Morgan fingerprint density at radius 2 is 2.17 bits per heavy atom. The summed E-state index contributed by atoms with van der Waals surface area (Å²) in [4.78, 5) is 27.0. The highest BCUT2D eigenvalue weighted by Crippen LogP contribution is 2.26. The minimum Gasteiger partial charge on any atom is -0.365 e. The maximum atomic E-state index is 13.2. The van der Waals surface area contributed by atoms with Crippen molar-refractivity contribution in [3.05, 3.63) is 97.3 Å². The Balaban J connectivity index is 1.55. The molecule has 0 fully saturated rings. The predicted molar refractivity (Wildman–Crippen MR) is 136 cm³/mol. The van der Waals surface area contributed by atoms with E-state index in [1.807, 2.05) is 12.1 Å². The molecule has 176 valence electrons. The molecule has 5 aromatic rings. The van der Waals surface area contributed by atoms with E-state index in [1.54, 1.807) is 29.8 Å². The molecule has 0 aliphatic rings. The van der Waals surface area contributed by atoms with Crippen LogP contribution in [0.3, 0.4) is 0 Å². The summed E-state index contributed by atoms with van der Waals surface area (Å²) in [7, 11) is 0. The average Bonchev–Trinajstić information content (AvgIpc) is 3.66. The molecule has 0 amide bonds. The van der Waals surface area contributed by atoms with E-state index in [9.17, 15) is 9.59 Å². The van der Waals surface area contributed by atoms with Gasteiger partial charge in [0.25, 0.3) is 11.5 Å². The maximum Gasteiger partial charge on any atom is 0.282 e. The second-order valence-electron chi connectivity index (χ2n) is 7.40. The van der Waals surface area contributed by atoms with Crippen molar-refractivity contribution in [2.75, 3.05) is 5.32 Å². The lowest BCUT2D eigenvalue weighted by Gasteiger charge is -2.07. The van der Waals surface area contributed by atoms with Crippen LogP contribution >= 0.6 is 34.5 Å². The van der Waals surface area contributed by atoms with Crippen molar-refractivity contribution >= 4 is 52.3 Å². The summed E-state index contributed by atoms with van der Waals surface area (Å²) < 4.78 is 12.7. The summed E-state index contributed by atoms with van der Waals surface area (Å²) in [5.41, 5.74) is 1.73. The van der Waals surface area contributed by atoms with E-state index in [0.717, 1.165) is 4.88 Å². The molecule has 0 aromatic carbocycles. The van der Waals surface area contributed by atoms with E-state index < -0.39 is 0 Å². The number of pyridine rings is 1. The van der Waals surface area contributed by atoms with Crippen LogP contribution in [0.15, 0.2) is 70.2 Å². The van der Waals surface area contributed by atoms with Gasteiger partial charge < -0.3 is 14.4 Å². The first kappa shape index (κ1) is 23.0. The molecular formula is C23H17ClN6O3S2. The Morgan fingerprint density at radius 3 is 2.86 bits per heavy atom. The van der Waals surface area contributed by atoms with Crippen LogP contribution < -0.4 is 10.9 Å². The van der Waals surface area contributed by atoms with Crippen LogP contribution in [0.1, 0.15) is 26.6 Å². The Kier molecular flexibility index (Phi) is 6.45. The van der Waals surface area contributed by atoms with Crippen molar-refractivity contribution in [3.8, 4) is 11.3 Å². The lowest BCUT2D eigenvalue weighted by molar-refractivity contribution is 0.0948. The Bertz CT molecular complexity index is 1550. The van der Waals surface area contributed by atoms with Gasteiger partial charge >= 0.3 is 0 Å². The molecule has 0 spiro atoms. The van der Waals surface area contributed by atoms with Crippen LogP contribution in [0.4, 0.5) is 5.82 Å². The first-order valence-corrected chi connectivity index (χ1v) is 12.3. The minimum absolute atomic E-state index is 0.192. The van der Waals surface area contributed by atoms with Gasteiger partial charge in [-0.1, -0.05) is 29.4 Å². The lowest BCUT2D eigenvalue weighted by Crippen LogP contribution is -2.22. The molecule has 0 saturated carbocycles. The molecule has 9 nitrogen and oxygen atoms in total. The second kappa shape index (κ2) is 9.82. The molecule has 5 heterocycles. The number of nitrogens with one attached hydrogen (secondary N) is 1. The Labute approximate surface area is 212 Å². The largest absolute Gasteiger partial charge is 0.365 e. The summed E-state index contributed by atoms with van der Waals surface area (Å²) >= 11 is 8.68. The summed E-state index contributed by atoms with van der Waals surface area (Å²) in [5.74, 6) is 0.700. The third-order valence-electron chi connectivity index (χ3n) is 5.10. The fraction of sp³-hybridized carbons (Fsp3) is 0.0870. The zero-order valence-electron chi connectivity index (χ0n) is 18.1. The van der Waals surface area contributed by atoms with Gasteiger partial charge in [-0.2, -0.15) is 9.78 Å². The summed E-state index contributed by atoms with van der Waals surface area (Å²) in [6, 6.07) is 8.88. The van der Waals surface area contributed by atoms with Crippen LogP contribution in [0, 0.1) is 0 Å². The van der Waals surface area contributed by atoms with Crippen molar-refractivity contribution in [3.63, 3.8) is 0 Å². The van der Waals surface area contributed by atoms with Gasteiger partial charge in [0.05, 0.1) is 41.1 Å². The molecule has 1 N–H and O–H groups in total. The van der Waals surface area contributed by atoms with Crippen molar-refractivity contribution < 1.29 is 9.32 Å². The number of anilines is 1. The summed E-state index contributed by atoms with van der Waals surface area (Å²) in [5, 5.41) is 13.2. The fourth-order valence-electron chi connectivity index (χ4n) is 3.41. The third-order valence-corrected chi connectivity index (χ3v) is 6.92. The number of rotatable bonds is 8. The fourth-order valence-corrected chi connectivity index (χ4v) is 4.95. The molecule has 0 aliphatic carbocycles. The molecule has 0 bridgehead atoms. The first-order chi connectivity index (χ1) is 17.0. The smallest absolute Gasteiger partial charge is 0.282 e. The normalized spacial score (nSPS) is 11.0. The van der Waals surface area contributed by atoms with Gasteiger partial charge in [0, 0.05) is 39.7 Å². The van der Waals surface area contributed by atoms with Crippen molar-refractivity contribution in [2.24, 2.45) is 0 Å². The van der Waals surface area contributed by atoms with Crippen LogP contribution in [-0.4, -0.2) is 29.8 Å². The van der Waals surface area contributed by atoms with Gasteiger partial charge in [-0.05, 0) is 29.7 Å². The summed E-state index contributed by atoms with van der Waals surface area (Å²) in [6.07, 6.45) is 6.18. The van der Waals surface area contributed by atoms with E-state index in [1.165, 1.54) is 50.6 Å². The number of carbonyl (C=O) groups excluding carboxylic acids is 1. The molecule has 5 rings (SSSR count). The number of aromatic nitrogens is 5. The van der Waals surface area contributed by atoms with E-state index in [4.69, 9.17) is 16.1 Å². The van der Waals surface area contributed by atoms with Crippen LogP contribution in [0.2, 0.25) is 4.34 Å². The Hall–Kier alpha value is -3.80. The van der Waals surface area contributed by atoms with E-state index in [2.05, 4.69) is 26.5 Å². The zero-order chi connectivity index (χ0) is 24.4.